The number of halogens is 1. The van der Waals surface area contributed by atoms with Crippen LogP contribution in [0.4, 0.5) is 10.3 Å². The van der Waals surface area contributed by atoms with Gasteiger partial charge in [0.15, 0.2) is 0 Å². The molecule has 3 aromatic rings. The smallest absolute Gasteiger partial charge is 0.227 e. The quantitative estimate of drug-likeness (QED) is 0.643. The van der Waals surface area contributed by atoms with Crippen LogP contribution in [-0.2, 0) is 10.5 Å². The Labute approximate surface area is 172 Å². The molecule has 2 heterocycles. The summed E-state index contributed by atoms with van der Waals surface area (Å²) in [5, 5.41) is 8.60. The Morgan fingerprint density at radius 1 is 1.17 bits per heavy atom. The fraction of sp³-hybridized carbons (Fsp3) is 0.227. The van der Waals surface area contributed by atoms with Crippen molar-refractivity contribution < 1.29 is 9.18 Å². The zero-order chi connectivity index (χ0) is 19.8. The first kappa shape index (κ1) is 18.1. The maximum Gasteiger partial charge on any atom is 0.227 e. The Hall–Kier alpha value is -2.93. The van der Waals surface area contributed by atoms with Crippen LogP contribution in [0.2, 0.25) is 0 Å². The third kappa shape index (κ3) is 3.46. The summed E-state index contributed by atoms with van der Waals surface area (Å²) < 4.78 is 15.7. The molecule has 2 aliphatic rings. The molecule has 2 atom stereocenters. The van der Waals surface area contributed by atoms with E-state index in [1.165, 1.54) is 29.5 Å². The lowest BCUT2D eigenvalue weighted by Gasteiger charge is -2.36. The Bertz CT molecular complexity index is 1100. The summed E-state index contributed by atoms with van der Waals surface area (Å²) in [6.07, 6.45) is 3.24. The molecule has 29 heavy (non-hydrogen) atoms. The molecule has 5 rings (SSSR count). The number of nitrogens with one attached hydrogen (secondary N) is 1. The molecule has 1 aliphatic heterocycles. The molecule has 1 N–H and O–H groups in total. The molecule has 0 radical (unpaired) electrons. The maximum atomic E-state index is 14.0. The third-order valence-electron chi connectivity index (χ3n) is 5.29. The summed E-state index contributed by atoms with van der Waals surface area (Å²) in [7, 11) is 0. The van der Waals surface area contributed by atoms with Crippen LogP contribution >= 0.6 is 11.8 Å². The summed E-state index contributed by atoms with van der Waals surface area (Å²) in [5.74, 6) is 0.762. The number of rotatable bonds is 4. The third-order valence-corrected chi connectivity index (χ3v) is 6.19. The number of hydrogen-bond donors (Lipinski definition) is 1. The van der Waals surface area contributed by atoms with Crippen molar-refractivity contribution in [3.63, 3.8) is 0 Å². The molecule has 0 fully saturated rings. The van der Waals surface area contributed by atoms with Crippen LogP contribution in [-0.4, -0.2) is 20.5 Å². The zero-order valence-electron chi connectivity index (χ0n) is 15.6. The number of aromatic nitrogens is 3. The molecule has 0 saturated heterocycles. The normalized spacial score (nSPS) is 20.4. The predicted molar refractivity (Wildman–Crippen MR) is 110 cm³/mol. The van der Waals surface area contributed by atoms with E-state index in [9.17, 15) is 9.18 Å². The van der Waals surface area contributed by atoms with Crippen LogP contribution in [0, 0.1) is 11.7 Å². The van der Waals surface area contributed by atoms with E-state index in [0.29, 0.717) is 23.9 Å². The van der Waals surface area contributed by atoms with Gasteiger partial charge in [-0.05, 0) is 29.7 Å². The number of fused-ring (bicyclic) bond motifs is 2. The van der Waals surface area contributed by atoms with Gasteiger partial charge in [0.1, 0.15) is 11.6 Å². The SMILES string of the molecule is O=C1CCC=C2Nc3nc(SCc4ccccc4)nn3C(c3cccc(F)c3)C12. The highest BCUT2D eigenvalue weighted by molar-refractivity contribution is 7.98. The zero-order valence-corrected chi connectivity index (χ0v) is 16.4. The van der Waals surface area contributed by atoms with E-state index in [1.54, 1.807) is 10.7 Å². The van der Waals surface area contributed by atoms with E-state index >= 15 is 0 Å². The molecule has 2 aromatic carbocycles. The fourth-order valence-corrected chi connectivity index (χ4v) is 4.75. The van der Waals surface area contributed by atoms with Gasteiger partial charge in [-0.2, -0.15) is 4.98 Å². The van der Waals surface area contributed by atoms with Gasteiger partial charge in [0.2, 0.25) is 11.1 Å². The lowest BCUT2D eigenvalue weighted by atomic mass is 9.81. The Balaban J connectivity index is 1.53. The van der Waals surface area contributed by atoms with E-state index in [2.05, 4.69) is 27.5 Å². The molecule has 0 bridgehead atoms. The van der Waals surface area contributed by atoms with Crippen LogP contribution in [0.25, 0.3) is 0 Å². The minimum atomic E-state index is -0.403. The summed E-state index contributed by atoms with van der Waals surface area (Å²) in [6, 6.07) is 16.1. The first-order valence-electron chi connectivity index (χ1n) is 9.57. The van der Waals surface area contributed by atoms with Crippen LogP contribution in [0.3, 0.4) is 0 Å². The second-order valence-electron chi connectivity index (χ2n) is 7.20. The summed E-state index contributed by atoms with van der Waals surface area (Å²) in [5.41, 5.74) is 2.75. The lowest BCUT2D eigenvalue weighted by Crippen LogP contribution is -2.38. The van der Waals surface area contributed by atoms with Crippen molar-refractivity contribution in [3.05, 3.63) is 83.3 Å². The van der Waals surface area contributed by atoms with Gasteiger partial charge in [-0.3, -0.25) is 4.79 Å². The van der Waals surface area contributed by atoms with Gasteiger partial charge in [-0.1, -0.05) is 60.3 Å². The van der Waals surface area contributed by atoms with Crippen LogP contribution in [0.1, 0.15) is 30.0 Å². The summed E-state index contributed by atoms with van der Waals surface area (Å²) in [4.78, 5) is 17.4. The lowest BCUT2D eigenvalue weighted by molar-refractivity contribution is -0.123. The average molecular weight is 406 g/mol. The number of carbonyl (C=O) groups is 1. The molecule has 1 aromatic heterocycles. The first-order chi connectivity index (χ1) is 14.2. The number of ketones is 1. The molecule has 0 saturated carbocycles. The highest BCUT2D eigenvalue weighted by atomic mass is 32.2. The first-order valence-corrected chi connectivity index (χ1v) is 10.6. The minimum absolute atomic E-state index is 0.142. The molecule has 0 amide bonds. The topological polar surface area (TPSA) is 59.8 Å². The molecule has 2 unspecified atom stereocenters. The van der Waals surface area contributed by atoms with Crippen molar-refractivity contribution in [2.45, 2.75) is 29.8 Å². The summed E-state index contributed by atoms with van der Waals surface area (Å²) in [6.45, 7) is 0. The average Bonchev–Trinajstić information content (AvgIpc) is 3.14. The van der Waals surface area contributed by atoms with Gasteiger partial charge in [0.25, 0.3) is 0 Å². The molecule has 7 heteroatoms. The number of hydrogen-bond acceptors (Lipinski definition) is 5. The Kier molecular flexibility index (Phi) is 4.67. The highest BCUT2D eigenvalue weighted by Gasteiger charge is 2.41. The molecule has 0 spiro atoms. The number of thioether (sulfide) groups is 1. The van der Waals surface area contributed by atoms with Crippen molar-refractivity contribution in [1.82, 2.24) is 14.8 Å². The Morgan fingerprint density at radius 3 is 2.86 bits per heavy atom. The van der Waals surface area contributed by atoms with Crippen LogP contribution < -0.4 is 5.32 Å². The van der Waals surface area contributed by atoms with E-state index in [4.69, 9.17) is 0 Å². The van der Waals surface area contributed by atoms with Crippen LogP contribution in [0.15, 0.2) is 71.5 Å². The number of benzene rings is 2. The van der Waals surface area contributed by atoms with Crippen molar-refractivity contribution in [1.29, 1.82) is 0 Å². The molecular formula is C22H19FN4OS. The van der Waals surface area contributed by atoms with Crippen molar-refractivity contribution in [2.75, 3.05) is 5.32 Å². The molecular weight excluding hydrogens is 387 g/mol. The Morgan fingerprint density at radius 2 is 2.03 bits per heavy atom. The van der Waals surface area contributed by atoms with Crippen molar-refractivity contribution in [3.8, 4) is 0 Å². The van der Waals surface area contributed by atoms with Crippen LogP contribution in [0.5, 0.6) is 0 Å². The van der Waals surface area contributed by atoms with Gasteiger partial charge >= 0.3 is 0 Å². The largest absolute Gasteiger partial charge is 0.328 e. The second-order valence-corrected chi connectivity index (χ2v) is 8.15. The van der Waals surface area contributed by atoms with Crippen molar-refractivity contribution in [2.24, 2.45) is 5.92 Å². The number of allylic oxidation sites excluding steroid dienone is 2. The van der Waals surface area contributed by atoms with Gasteiger partial charge in [0, 0.05) is 17.9 Å². The maximum absolute atomic E-state index is 14.0. The number of nitrogens with zero attached hydrogens (tertiary/aromatic N) is 3. The fourth-order valence-electron chi connectivity index (χ4n) is 3.96. The van der Waals surface area contributed by atoms with E-state index < -0.39 is 12.0 Å². The van der Waals surface area contributed by atoms with Crippen molar-refractivity contribution >= 4 is 23.5 Å². The van der Waals surface area contributed by atoms with Gasteiger partial charge in [0.05, 0.1) is 12.0 Å². The minimum Gasteiger partial charge on any atom is -0.328 e. The van der Waals surface area contributed by atoms with E-state index in [1.807, 2.05) is 30.3 Å². The van der Waals surface area contributed by atoms with E-state index in [-0.39, 0.29) is 11.6 Å². The monoisotopic (exact) mass is 406 g/mol. The van der Waals surface area contributed by atoms with Gasteiger partial charge in [-0.15, -0.1) is 5.10 Å². The number of Topliss-reactive ketones (excluding diaryl/α,β-unsaturated/α-hetero) is 1. The molecule has 5 nitrogen and oxygen atoms in total. The van der Waals surface area contributed by atoms with Gasteiger partial charge < -0.3 is 5.32 Å². The van der Waals surface area contributed by atoms with E-state index in [0.717, 1.165) is 17.0 Å². The standard InChI is InChI=1S/C22H19FN4OS/c23-16-9-4-8-15(12-16)20-19-17(10-5-11-18(19)28)24-21-25-22(26-27(20)21)29-13-14-6-2-1-3-7-14/h1-4,6-10,12,19-20H,5,11,13H2,(H,24,25,26). The molecule has 1 aliphatic carbocycles. The second kappa shape index (κ2) is 7.48. The summed E-state index contributed by atoms with van der Waals surface area (Å²) >= 11 is 1.54. The number of anilines is 1. The molecule has 146 valence electrons. The predicted octanol–water partition coefficient (Wildman–Crippen LogP) is 4.59. The van der Waals surface area contributed by atoms with Gasteiger partial charge in [-0.25, -0.2) is 9.07 Å². The number of carbonyl (C=O) groups excluding carboxylic acids is 1. The highest BCUT2D eigenvalue weighted by Crippen LogP contribution is 2.42.